The van der Waals surface area contributed by atoms with Crippen LogP contribution < -0.4 is 10.1 Å². The second-order valence-corrected chi connectivity index (χ2v) is 8.57. The Kier molecular flexibility index (Phi) is 5.86. The minimum Gasteiger partial charge on any atom is -0.497 e. The number of nitrogens with zero attached hydrogens (tertiary/aromatic N) is 1. The van der Waals surface area contributed by atoms with E-state index in [0.29, 0.717) is 30.1 Å². The summed E-state index contributed by atoms with van der Waals surface area (Å²) in [5, 5.41) is 2.98. The van der Waals surface area contributed by atoms with Gasteiger partial charge in [0.05, 0.1) is 12.0 Å². The molecule has 3 aromatic rings. The normalized spacial score (nSPS) is 12.9. The van der Waals surface area contributed by atoms with E-state index in [-0.39, 0.29) is 11.8 Å². The monoisotopic (exact) mass is 420 g/mol. The third-order valence-electron chi connectivity index (χ3n) is 5.26. The average Bonchev–Trinajstić information content (AvgIpc) is 3.21. The highest BCUT2D eigenvalue weighted by Gasteiger charge is 2.25. The second-order valence-electron chi connectivity index (χ2n) is 7.44. The number of hydrogen-bond acceptors (Lipinski definition) is 4. The molecule has 0 spiro atoms. The Morgan fingerprint density at radius 2 is 1.93 bits per heavy atom. The number of carbonyl (C=O) groups excluding carboxylic acids is 2. The topological polar surface area (TPSA) is 58.6 Å². The highest BCUT2D eigenvalue weighted by molar-refractivity contribution is 7.14. The molecule has 2 heterocycles. The molecule has 1 aliphatic heterocycles. The standard InChI is InChI=1S/C24H24N2O3S/c1-16-6-8-18(9-7-16)24(28)26-11-10-21-19(15-26)13-22(30-21)23(27)25-14-17-4-3-5-20(12-17)29-2/h3-9,12-13H,10-11,14-15H2,1-2H3,(H,25,27). The number of aryl methyl sites for hydroxylation is 1. The lowest BCUT2D eigenvalue weighted by atomic mass is 10.1. The Labute approximate surface area is 180 Å². The van der Waals surface area contributed by atoms with Crippen molar-refractivity contribution in [2.24, 2.45) is 0 Å². The van der Waals surface area contributed by atoms with Gasteiger partial charge >= 0.3 is 0 Å². The average molecular weight is 421 g/mol. The van der Waals surface area contributed by atoms with E-state index in [1.165, 1.54) is 16.2 Å². The van der Waals surface area contributed by atoms with Gasteiger partial charge in [-0.3, -0.25) is 9.59 Å². The second kappa shape index (κ2) is 8.71. The maximum absolute atomic E-state index is 12.8. The SMILES string of the molecule is COc1cccc(CNC(=O)c2cc3c(s2)CCN(C(=O)c2ccc(C)cc2)C3)c1. The molecule has 1 N–H and O–H groups in total. The molecule has 30 heavy (non-hydrogen) atoms. The quantitative estimate of drug-likeness (QED) is 0.673. The fourth-order valence-electron chi connectivity index (χ4n) is 3.55. The number of ether oxygens (including phenoxy) is 1. The van der Waals surface area contributed by atoms with Crippen LogP contribution in [0.5, 0.6) is 5.75 Å². The van der Waals surface area contributed by atoms with Crippen LogP contribution in [0.25, 0.3) is 0 Å². The first-order chi connectivity index (χ1) is 14.5. The molecule has 5 nitrogen and oxygen atoms in total. The van der Waals surface area contributed by atoms with E-state index in [9.17, 15) is 9.59 Å². The molecular weight excluding hydrogens is 396 g/mol. The van der Waals surface area contributed by atoms with Crippen molar-refractivity contribution < 1.29 is 14.3 Å². The van der Waals surface area contributed by atoms with Crippen molar-refractivity contribution in [1.29, 1.82) is 0 Å². The zero-order valence-corrected chi connectivity index (χ0v) is 17.9. The molecule has 2 aromatic carbocycles. The van der Waals surface area contributed by atoms with Crippen LogP contribution in [-0.2, 0) is 19.5 Å². The van der Waals surface area contributed by atoms with E-state index in [0.717, 1.165) is 28.9 Å². The van der Waals surface area contributed by atoms with Crippen molar-refractivity contribution in [2.75, 3.05) is 13.7 Å². The molecule has 0 saturated heterocycles. The Hall–Kier alpha value is -3.12. The minimum absolute atomic E-state index is 0.0378. The molecule has 4 rings (SSSR count). The molecule has 0 bridgehead atoms. The predicted octanol–water partition coefficient (Wildman–Crippen LogP) is 4.19. The maximum atomic E-state index is 12.8. The summed E-state index contributed by atoms with van der Waals surface area (Å²) in [5.41, 5.74) is 3.89. The van der Waals surface area contributed by atoms with E-state index in [1.807, 2.05) is 66.4 Å². The van der Waals surface area contributed by atoms with Gasteiger partial charge in [-0.15, -0.1) is 11.3 Å². The molecule has 0 radical (unpaired) electrons. The van der Waals surface area contributed by atoms with Gasteiger partial charge in [0.15, 0.2) is 0 Å². The number of carbonyl (C=O) groups is 2. The van der Waals surface area contributed by atoms with Crippen molar-refractivity contribution in [1.82, 2.24) is 10.2 Å². The van der Waals surface area contributed by atoms with E-state index < -0.39 is 0 Å². The van der Waals surface area contributed by atoms with Crippen molar-refractivity contribution in [3.05, 3.63) is 86.6 Å². The summed E-state index contributed by atoms with van der Waals surface area (Å²) in [7, 11) is 1.63. The fourth-order valence-corrected chi connectivity index (χ4v) is 4.63. The van der Waals surface area contributed by atoms with Gasteiger partial charge in [0.1, 0.15) is 5.75 Å². The zero-order chi connectivity index (χ0) is 21.1. The molecule has 154 valence electrons. The van der Waals surface area contributed by atoms with E-state index in [2.05, 4.69) is 5.32 Å². The van der Waals surface area contributed by atoms with Gasteiger partial charge in [-0.2, -0.15) is 0 Å². The molecule has 0 saturated carbocycles. The number of rotatable bonds is 5. The Morgan fingerprint density at radius 1 is 1.13 bits per heavy atom. The third kappa shape index (κ3) is 4.39. The van der Waals surface area contributed by atoms with Crippen LogP contribution in [0.1, 0.15) is 41.6 Å². The molecular formula is C24H24N2O3S. The summed E-state index contributed by atoms with van der Waals surface area (Å²) in [6.07, 6.45) is 0.779. The first-order valence-corrected chi connectivity index (χ1v) is 10.7. The summed E-state index contributed by atoms with van der Waals surface area (Å²) in [4.78, 5) is 29.2. The molecule has 0 fully saturated rings. The van der Waals surface area contributed by atoms with Gasteiger partial charge in [0.25, 0.3) is 11.8 Å². The number of methoxy groups -OCH3 is 1. The van der Waals surface area contributed by atoms with Crippen molar-refractivity contribution in [3.63, 3.8) is 0 Å². The summed E-state index contributed by atoms with van der Waals surface area (Å²) in [6.45, 7) is 3.66. The maximum Gasteiger partial charge on any atom is 0.261 e. The smallest absolute Gasteiger partial charge is 0.261 e. The van der Waals surface area contributed by atoms with Crippen LogP contribution in [0.2, 0.25) is 0 Å². The van der Waals surface area contributed by atoms with Crippen LogP contribution in [-0.4, -0.2) is 30.4 Å². The summed E-state index contributed by atoms with van der Waals surface area (Å²) in [5.74, 6) is 0.719. The number of benzene rings is 2. The van der Waals surface area contributed by atoms with Crippen LogP contribution in [0.4, 0.5) is 0 Å². The fraction of sp³-hybridized carbons (Fsp3) is 0.250. The Morgan fingerprint density at radius 3 is 2.70 bits per heavy atom. The number of fused-ring (bicyclic) bond motifs is 1. The molecule has 2 amide bonds. The Bertz CT molecular complexity index is 1070. The van der Waals surface area contributed by atoms with Gasteiger partial charge in [-0.1, -0.05) is 29.8 Å². The summed E-state index contributed by atoms with van der Waals surface area (Å²) in [6, 6.07) is 17.2. The van der Waals surface area contributed by atoms with E-state index >= 15 is 0 Å². The lowest BCUT2D eigenvalue weighted by molar-refractivity contribution is 0.0736. The van der Waals surface area contributed by atoms with Crippen LogP contribution >= 0.6 is 11.3 Å². The van der Waals surface area contributed by atoms with Gasteiger partial charge in [-0.05, 0) is 54.8 Å². The number of thiophene rings is 1. The molecule has 0 unspecified atom stereocenters. The van der Waals surface area contributed by atoms with Gasteiger partial charge in [0.2, 0.25) is 0 Å². The van der Waals surface area contributed by atoms with Crippen molar-refractivity contribution >= 4 is 23.2 Å². The number of amides is 2. The third-order valence-corrected chi connectivity index (χ3v) is 6.50. The minimum atomic E-state index is -0.0892. The van der Waals surface area contributed by atoms with Crippen LogP contribution in [0.15, 0.2) is 54.6 Å². The molecule has 1 aromatic heterocycles. The number of nitrogens with one attached hydrogen (secondary N) is 1. The first kappa shape index (κ1) is 20.2. The van der Waals surface area contributed by atoms with Crippen LogP contribution in [0.3, 0.4) is 0 Å². The van der Waals surface area contributed by atoms with Crippen molar-refractivity contribution in [2.45, 2.75) is 26.4 Å². The van der Waals surface area contributed by atoms with Gasteiger partial charge in [0, 0.05) is 30.1 Å². The lowest BCUT2D eigenvalue weighted by Gasteiger charge is -2.27. The molecule has 0 atom stereocenters. The number of hydrogen-bond donors (Lipinski definition) is 1. The van der Waals surface area contributed by atoms with Crippen LogP contribution in [0, 0.1) is 6.92 Å². The highest BCUT2D eigenvalue weighted by Crippen LogP contribution is 2.29. The van der Waals surface area contributed by atoms with E-state index in [4.69, 9.17) is 4.74 Å². The zero-order valence-electron chi connectivity index (χ0n) is 17.1. The summed E-state index contributed by atoms with van der Waals surface area (Å²) < 4.78 is 5.23. The van der Waals surface area contributed by atoms with E-state index in [1.54, 1.807) is 7.11 Å². The molecule has 1 aliphatic rings. The highest BCUT2D eigenvalue weighted by atomic mass is 32.1. The van der Waals surface area contributed by atoms with Gasteiger partial charge < -0.3 is 15.0 Å². The first-order valence-electron chi connectivity index (χ1n) is 9.92. The largest absolute Gasteiger partial charge is 0.497 e. The molecule has 0 aliphatic carbocycles. The summed E-state index contributed by atoms with van der Waals surface area (Å²) >= 11 is 1.52. The molecule has 6 heteroatoms. The predicted molar refractivity (Wildman–Crippen MR) is 118 cm³/mol. The Balaban J connectivity index is 1.41. The van der Waals surface area contributed by atoms with Gasteiger partial charge in [-0.25, -0.2) is 0 Å². The van der Waals surface area contributed by atoms with Crippen molar-refractivity contribution in [3.8, 4) is 5.75 Å². The lowest BCUT2D eigenvalue weighted by Crippen LogP contribution is -2.35.